The van der Waals surface area contributed by atoms with Crippen LogP contribution in [0.4, 0.5) is 41.6 Å². The van der Waals surface area contributed by atoms with E-state index in [1.807, 2.05) is 26.0 Å². The minimum Gasteiger partial charge on any atom is -0.453 e. The van der Waals surface area contributed by atoms with Crippen molar-refractivity contribution in [3.05, 3.63) is 63.7 Å². The molecule has 0 radical (unpaired) electrons. The smallest absolute Gasteiger partial charge is 0.416 e. The number of hydrogen-bond acceptors (Lipinski definition) is 4. The van der Waals surface area contributed by atoms with Crippen LogP contribution < -0.4 is 4.90 Å². The molecule has 0 aliphatic carbocycles. The number of carbonyl (C=O) groups excluding carboxylic acids is 2. The van der Waals surface area contributed by atoms with Gasteiger partial charge in [-0.05, 0) is 79.6 Å². The molecule has 2 aromatic carbocycles. The molecule has 0 saturated carbocycles. The first-order valence-corrected chi connectivity index (χ1v) is 12.9. The van der Waals surface area contributed by atoms with Gasteiger partial charge in [0, 0.05) is 12.6 Å². The second-order valence-electron chi connectivity index (χ2n) is 9.57. The van der Waals surface area contributed by atoms with E-state index in [2.05, 4.69) is 0 Å². The van der Waals surface area contributed by atoms with Crippen molar-refractivity contribution in [2.75, 3.05) is 18.6 Å². The van der Waals surface area contributed by atoms with Gasteiger partial charge < -0.3 is 9.47 Å². The number of aryl methyl sites for hydroxylation is 2. The Bertz CT molecular complexity index is 1210. The lowest BCUT2D eigenvalue weighted by molar-refractivity contribution is -0.143. The zero-order chi connectivity index (χ0) is 30.0. The molecular weight excluding hydrogens is 542 g/mol. The summed E-state index contributed by atoms with van der Waals surface area (Å²) in [6.45, 7) is 6.81. The normalized spacial score (nSPS) is 17.3. The number of fused-ring (bicyclic) bond motifs is 1. The van der Waals surface area contributed by atoms with Crippen LogP contribution in [0.3, 0.4) is 0 Å². The van der Waals surface area contributed by atoms with Gasteiger partial charge in [0.2, 0.25) is 0 Å². The maximum absolute atomic E-state index is 13.5. The molecule has 12 heteroatoms. The second-order valence-corrected chi connectivity index (χ2v) is 9.57. The highest BCUT2D eigenvalue weighted by Crippen LogP contribution is 2.44. The average molecular weight is 575 g/mol. The van der Waals surface area contributed by atoms with Crippen molar-refractivity contribution < 1.29 is 45.4 Å². The lowest BCUT2D eigenvalue weighted by Crippen LogP contribution is -2.47. The summed E-state index contributed by atoms with van der Waals surface area (Å²) >= 11 is 0. The Kier molecular flexibility index (Phi) is 9.31. The van der Waals surface area contributed by atoms with Gasteiger partial charge in [-0.2, -0.15) is 26.3 Å². The summed E-state index contributed by atoms with van der Waals surface area (Å²) in [6.07, 6.45) is -10.2. The zero-order valence-corrected chi connectivity index (χ0v) is 22.9. The maximum Gasteiger partial charge on any atom is 0.416 e. The van der Waals surface area contributed by atoms with E-state index in [9.17, 15) is 35.9 Å². The van der Waals surface area contributed by atoms with Crippen molar-refractivity contribution in [3.63, 3.8) is 0 Å². The van der Waals surface area contributed by atoms with Crippen LogP contribution in [-0.2, 0) is 41.2 Å². The number of carbonyl (C=O) groups is 2. The molecule has 2 aromatic rings. The van der Waals surface area contributed by atoms with Crippen molar-refractivity contribution in [2.45, 2.75) is 77.9 Å². The van der Waals surface area contributed by atoms with Gasteiger partial charge in [0.25, 0.3) is 0 Å². The zero-order valence-electron chi connectivity index (χ0n) is 22.9. The van der Waals surface area contributed by atoms with E-state index in [4.69, 9.17) is 9.47 Å². The standard InChI is InChI=1S/C28H32F6N2O4/c1-6-18-12-22-23(9-16(4)36(26(38)40-8-3)24(22)13-19(18)7-2)35(25(37)39-5)15-17-10-20(27(29,30)31)14-21(11-17)28(32,33)34/h10-14,16,23H,6-9,15H2,1-5H3. The van der Waals surface area contributed by atoms with Crippen molar-refractivity contribution in [1.82, 2.24) is 4.90 Å². The van der Waals surface area contributed by atoms with E-state index >= 15 is 0 Å². The molecule has 0 N–H and O–H groups in total. The monoisotopic (exact) mass is 574 g/mol. The molecule has 1 aliphatic heterocycles. The Balaban J connectivity index is 2.20. The Morgan fingerprint density at radius 3 is 1.95 bits per heavy atom. The first-order chi connectivity index (χ1) is 18.7. The van der Waals surface area contributed by atoms with E-state index in [-0.39, 0.29) is 24.7 Å². The minimum absolute atomic E-state index is 0.0426. The third kappa shape index (κ3) is 6.47. The van der Waals surface area contributed by atoms with Crippen molar-refractivity contribution in [2.24, 2.45) is 0 Å². The number of benzene rings is 2. The molecule has 6 nitrogen and oxygen atoms in total. The largest absolute Gasteiger partial charge is 0.453 e. The predicted molar refractivity (Wildman–Crippen MR) is 136 cm³/mol. The Morgan fingerprint density at radius 1 is 0.925 bits per heavy atom. The summed E-state index contributed by atoms with van der Waals surface area (Å²) in [6, 6.07) is 3.56. The van der Waals surface area contributed by atoms with E-state index in [0.717, 1.165) is 23.1 Å². The summed E-state index contributed by atoms with van der Waals surface area (Å²) in [5.41, 5.74) is -0.439. The number of amides is 2. The maximum atomic E-state index is 13.5. The second kappa shape index (κ2) is 12.0. The van der Waals surface area contributed by atoms with Crippen molar-refractivity contribution in [1.29, 1.82) is 0 Å². The molecule has 2 unspecified atom stereocenters. The molecule has 1 aliphatic rings. The van der Waals surface area contributed by atoms with Crippen LogP contribution >= 0.6 is 0 Å². The van der Waals surface area contributed by atoms with E-state index < -0.39 is 54.3 Å². The highest BCUT2D eigenvalue weighted by Gasteiger charge is 2.41. The molecular formula is C28H32F6N2O4. The molecule has 0 spiro atoms. The lowest BCUT2D eigenvalue weighted by atomic mass is 9.86. The van der Waals surface area contributed by atoms with Crippen LogP contribution in [0, 0.1) is 0 Å². The molecule has 220 valence electrons. The number of methoxy groups -OCH3 is 1. The number of rotatable bonds is 6. The number of ether oxygens (including phenoxy) is 2. The van der Waals surface area contributed by atoms with Gasteiger partial charge in [0.15, 0.2) is 0 Å². The van der Waals surface area contributed by atoms with Crippen LogP contribution in [-0.4, -0.2) is 36.8 Å². The molecule has 0 bridgehead atoms. The predicted octanol–water partition coefficient (Wildman–Crippen LogP) is 7.91. The van der Waals surface area contributed by atoms with Crippen LogP contribution in [0.1, 0.15) is 73.5 Å². The summed E-state index contributed by atoms with van der Waals surface area (Å²) in [5.74, 6) is 0. The number of alkyl halides is 6. The van der Waals surface area contributed by atoms with Gasteiger partial charge in [-0.15, -0.1) is 0 Å². The van der Waals surface area contributed by atoms with E-state index in [1.165, 1.54) is 4.90 Å². The number of anilines is 1. The van der Waals surface area contributed by atoms with Crippen LogP contribution in [0.25, 0.3) is 0 Å². The number of hydrogen-bond donors (Lipinski definition) is 0. The average Bonchev–Trinajstić information content (AvgIpc) is 2.89. The molecule has 0 fully saturated rings. The summed E-state index contributed by atoms with van der Waals surface area (Å²) in [4.78, 5) is 28.6. The molecule has 1 heterocycles. The molecule has 2 amide bonds. The molecule has 2 atom stereocenters. The number of halogens is 6. The van der Waals surface area contributed by atoms with E-state index in [0.29, 0.717) is 36.2 Å². The fourth-order valence-corrected chi connectivity index (χ4v) is 5.12. The van der Waals surface area contributed by atoms with Gasteiger partial charge >= 0.3 is 24.5 Å². The third-order valence-electron chi connectivity index (χ3n) is 6.98. The summed E-state index contributed by atoms with van der Waals surface area (Å²) < 4.78 is 91.3. The van der Waals surface area contributed by atoms with Gasteiger partial charge in [-0.3, -0.25) is 9.80 Å². The topological polar surface area (TPSA) is 59.1 Å². The first-order valence-electron chi connectivity index (χ1n) is 12.9. The van der Waals surface area contributed by atoms with Crippen molar-refractivity contribution in [3.8, 4) is 0 Å². The van der Waals surface area contributed by atoms with Crippen LogP contribution in [0.5, 0.6) is 0 Å². The fraction of sp³-hybridized carbons (Fsp3) is 0.500. The highest BCUT2D eigenvalue weighted by molar-refractivity contribution is 5.91. The van der Waals surface area contributed by atoms with Gasteiger partial charge in [-0.25, -0.2) is 9.59 Å². The minimum atomic E-state index is -5.04. The van der Waals surface area contributed by atoms with E-state index in [1.54, 1.807) is 13.8 Å². The third-order valence-corrected chi connectivity index (χ3v) is 6.98. The quantitative estimate of drug-likeness (QED) is 0.329. The molecule has 3 rings (SSSR count). The summed E-state index contributed by atoms with van der Waals surface area (Å²) in [7, 11) is 1.08. The Hall–Kier alpha value is -3.44. The summed E-state index contributed by atoms with van der Waals surface area (Å²) in [5, 5.41) is 0. The Morgan fingerprint density at radius 2 is 1.48 bits per heavy atom. The molecule has 40 heavy (non-hydrogen) atoms. The number of nitrogens with zero attached hydrogens (tertiary/aromatic N) is 2. The van der Waals surface area contributed by atoms with Gasteiger partial charge in [0.05, 0.1) is 36.6 Å². The van der Waals surface area contributed by atoms with Gasteiger partial charge in [-0.1, -0.05) is 19.9 Å². The molecule has 0 aromatic heterocycles. The lowest BCUT2D eigenvalue weighted by Gasteiger charge is -2.43. The van der Waals surface area contributed by atoms with Crippen LogP contribution in [0.15, 0.2) is 30.3 Å². The van der Waals surface area contributed by atoms with Crippen LogP contribution in [0.2, 0.25) is 0 Å². The van der Waals surface area contributed by atoms with Crippen molar-refractivity contribution >= 4 is 17.9 Å². The fourth-order valence-electron chi connectivity index (χ4n) is 5.12. The van der Waals surface area contributed by atoms with Gasteiger partial charge in [0.1, 0.15) is 0 Å². The Labute approximate surface area is 228 Å². The first kappa shape index (κ1) is 31.1. The highest BCUT2D eigenvalue weighted by atomic mass is 19.4. The SMILES string of the molecule is CCOC(=O)N1c2cc(CC)c(CC)cc2C(N(Cc2cc(C(F)(F)F)cc(C(F)(F)F)c2)C(=O)OC)CC1C. The molecule has 0 saturated heterocycles.